The molecule has 194 valence electrons. The van der Waals surface area contributed by atoms with E-state index in [0.29, 0.717) is 11.0 Å². The fraction of sp³-hybridized carbons (Fsp3) is 0.0556. The first-order valence-electron chi connectivity index (χ1n) is 14.2. The Balaban J connectivity index is 1.30. The van der Waals surface area contributed by atoms with Crippen LogP contribution in [0.25, 0.3) is 78.2 Å². The average molecular weight is 539 g/mol. The zero-order chi connectivity index (χ0) is 27.4. The number of nitrogens with zero attached hydrogens (tertiary/aromatic N) is 4. The predicted octanol–water partition coefficient (Wildman–Crippen LogP) is 5.69. The molecule has 42 heavy (non-hydrogen) atoms. The van der Waals surface area contributed by atoms with Gasteiger partial charge in [-0.15, -0.1) is 0 Å². The maximum Gasteiger partial charge on any atom is 0.264 e. The van der Waals surface area contributed by atoms with Gasteiger partial charge in [-0.1, -0.05) is 54.6 Å². The van der Waals surface area contributed by atoms with Crippen molar-refractivity contribution in [3.05, 3.63) is 127 Å². The van der Waals surface area contributed by atoms with Gasteiger partial charge in [-0.25, -0.2) is 9.97 Å². The van der Waals surface area contributed by atoms with E-state index in [2.05, 4.69) is 30.4 Å². The summed E-state index contributed by atoms with van der Waals surface area (Å²) >= 11 is 0. The summed E-state index contributed by atoms with van der Waals surface area (Å²) in [5, 5.41) is 4.83. The molecule has 0 N–H and O–H groups in total. The Hall–Kier alpha value is -5.62. The predicted molar refractivity (Wildman–Crippen MR) is 167 cm³/mol. The molecule has 0 fully saturated rings. The lowest BCUT2D eigenvalue weighted by atomic mass is 9.68. The Morgan fingerprint density at radius 2 is 1.43 bits per heavy atom. The van der Waals surface area contributed by atoms with Gasteiger partial charge >= 0.3 is 0 Å². The van der Waals surface area contributed by atoms with Gasteiger partial charge in [0.25, 0.3) is 11.1 Å². The van der Waals surface area contributed by atoms with E-state index in [1.54, 1.807) is 8.80 Å². The number of para-hydroxylation sites is 4. The van der Waals surface area contributed by atoms with E-state index in [1.807, 2.05) is 60.7 Å². The number of fused-ring (bicyclic) bond motifs is 10. The summed E-state index contributed by atoms with van der Waals surface area (Å²) in [5.74, 6) is -0.0150. The monoisotopic (exact) mass is 538 g/mol. The minimum absolute atomic E-state index is 0.0150. The topological polar surface area (TPSA) is 68.7 Å². The highest BCUT2D eigenvalue weighted by Crippen LogP contribution is 2.53. The lowest BCUT2D eigenvalue weighted by Gasteiger charge is -2.35. The molecule has 11 rings (SSSR count). The van der Waals surface area contributed by atoms with Crippen LogP contribution in [0.15, 0.2) is 88.5 Å². The number of rotatable bonds is 0. The van der Waals surface area contributed by atoms with Crippen molar-refractivity contribution in [1.82, 2.24) is 18.8 Å². The summed E-state index contributed by atoms with van der Waals surface area (Å²) in [6, 6.07) is 24.1. The van der Waals surface area contributed by atoms with Gasteiger partial charge in [0.1, 0.15) is 11.3 Å². The highest BCUT2D eigenvalue weighted by atomic mass is 16.1. The lowest BCUT2D eigenvalue weighted by Crippen LogP contribution is -2.32. The number of hydrogen-bond acceptors (Lipinski definition) is 4. The van der Waals surface area contributed by atoms with Crippen molar-refractivity contribution in [2.45, 2.75) is 12.3 Å². The SMILES string of the molecule is O=c1c2c3c(c4nc5ccccc5n14)=CCC1=C3C(C=C2)c2ccc3c(=O)n4c5ccccc5nc4c4ccc1c2c34. The van der Waals surface area contributed by atoms with Crippen LogP contribution in [0, 0.1) is 0 Å². The van der Waals surface area contributed by atoms with Gasteiger partial charge in [0.15, 0.2) is 0 Å². The lowest BCUT2D eigenvalue weighted by molar-refractivity contribution is 1.05. The molecule has 4 heterocycles. The summed E-state index contributed by atoms with van der Waals surface area (Å²) in [6.45, 7) is 0. The molecule has 8 aromatic rings. The van der Waals surface area contributed by atoms with Crippen molar-refractivity contribution in [2.24, 2.45) is 0 Å². The van der Waals surface area contributed by atoms with Crippen molar-refractivity contribution in [3.63, 3.8) is 0 Å². The third-order valence-electron chi connectivity index (χ3n) is 9.73. The smallest absolute Gasteiger partial charge is 0.264 e. The van der Waals surface area contributed by atoms with Crippen molar-refractivity contribution in [1.29, 1.82) is 0 Å². The van der Waals surface area contributed by atoms with Crippen molar-refractivity contribution in [3.8, 4) is 0 Å². The maximum atomic E-state index is 14.0. The molecule has 0 bridgehead atoms. The van der Waals surface area contributed by atoms with E-state index >= 15 is 0 Å². The van der Waals surface area contributed by atoms with Crippen molar-refractivity contribution in [2.75, 3.05) is 0 Å². The van der Waals surface area contributed by atoms with Crippen LogP contribution in [-0.4, -0.2) is 18.8 Å². The van der Waals surface area contributed by atoms with Crippen LogP contribution in [0.2, 0.25) is 0 Å². The fourth-order valence-electron chi connectivity index (χ4n) is 8.08. The Morgan fingerprint density at radius 1 is 0.714 bits per heavy atom. The highest BCUT2D eigenvalue weighted by molar-refractivity contribution is 6.23. The first kappa shape index (κ1) is 21.2. The van der Waals surface area contributed by atoms with Gasteiger partial charge in [-0.05, 0) is 70.5 Å². The van der Waals surface area contributed by atoms with Crippen LogP contribution in [0.3, 0.4) is 0 Å². The van der Waals surface area contributed by atoms with E-state index in [4.69, 9.17) is 9.97 Å². The first-order valence-corrected chi connectivity index (χ1v) is 14.2. The molecule has 0 radical (unpaired) electrons. The van der Waals surface area contributed by atoms with E-state index in [9.17, 15) is 9.59 Å². The van der Waals surface area contributed by atoms with E-state index in [0.717, 1.165) is 77.8 Å². The van der Waals surface area contributed by atoms with Gasteiger partial charge < -0.3 is 0 Å². The number of hydrogen-bond donors (Lipinski definition) is 0. The molecule has 0 saturated heterocycles. The van der Waals surface area contributed by atoms with Crippen LogP contribution < -0.4 is 16.3 Å². The summed E-state index contributed by atoms with van der Waals surface area (Å²) < 4.78 is 3.53. The molecule has 0 spiro atoms. The highest BCUT2D eigenvalue weighted by Gasteiger charge is 2.36. The number of benzene rings is 4. The minimum Gasteiger partial charge on any atom is -0.268 e. The number of imidazole rings is 2. The number of pyridine rings is 2. The molecule has 4 aromatic heterocycles. The minimum atomic E-state index is -0.0403. The molecule has 6 heteroatoms. The number of allylic oxidation sites excluding steroid dienone is 3. The maximum absolute atomic E-state index is 14.0. The first-order chi connectivity index (χ1) is 20.7. The zero-order valence-corrected chi connectivity index (χ0v) is 22.1. The molecule has 1 atom stereocenters. The van der Waals surface area contributed by atoms with Gasteiger partial charge in [-0.2, -0.15) is 0 Å². The van der Waals surface area contributed by atoms with E-state index < -0.39 is 0 Å². The van der Waals surface area contributed by atoms with Gasteiger partial charge in [0.05, 0.1) is 22.1 Å². The van der Waals surface area contributed by atoms with Gasteiger partial charge in [0.2, 0.25) is 0 Å². The molecule has 3 aliphatic carbocycles. The van der Waals surface area contributed by atoms with Crippen LogP contribution >= 0.6 is 0 Å². The standard InChI is InChI=1S/C36H18N4O2/c41-35-23-15-11-19-20-12-16-24-32-22(34-38-26-6-2-4-8-28(26)40(34)36(24)42)14-10-18(30(20)32)17-9-13-21(31(23)29(17)19)33-37-25-5-1-3-7-27(25)39(33)35/h1-9,11-16,20H,10H2. The summed E-state index contributed by atoms with van der Waals surface area (Å²) in [5.41, 5.74) is 11.1. The second kappa shape index (κ2) is 6.81. The molecule has 6 nitrogen and oxygen atoms in total. The molecule has 0 saturated carbocycles. The van der Waals surface area contributed by atoms with Crippen molar-refractivity contribution < 1.29 is 0 Å². The Morgan fingerprint density at radius 3 is 2.24 bits per heavy atom. The summed E-state index contributed by atoms with van der Waals surface area (Å²) in [4.78, 5) is 37.8. The Bertz CT molecular complexity index is 2870. The quantitative estimate of drug-likeness (QED) is 0.249. The van der Waals surface area contributed by atoms with E-state index in [1.165, 1.54) is 11.1 Å². The third kappa shape index (κ3) is 2.19. The molecular formula is C36H18N4O2. The van der Waals surface area contributed by atoms with Crippen LogP contribution in [-0.2, 0) is 0 Å². The average Bonchev–Trinajstić information content (AvgIpc) is 3.61. The Kier molecular flexibility index (Phi) is 3.43. The summed E-state index contributed by atoms with van der Waals surface area (Å²) in [6.07, 6.45) is 7.14. The Labute approximate surface area is 236 Å². The molecule has 0 aliphatic heterocycles. The van der Waals surface area contributed by atoms with Crippen LogP contribution in [0.1, 0.15) is 34.6 Å². The fourth-order valence-corrected chi connectivity index (χ4v) is 8.08. The second-order valence-electron chi connectivity index (χ2n) is 11.6. The van der Waals surface area contributed by atoms with Crippen LogP contribution in [0.5, 0.6) is 0 Å². The molecule has 4 aromatic carbocycles. The molecule has 0 amide bonds. The van der Waals surface area contributed by atoms with Crippen LogP contribution in [0.4, 0.5) is 0 Å². The third-order valence-corrected chi connectivity index (χ3v) is 9.73. The number of aromatic nitrogens is 4. The van der Waals surface area contributed by atoms with Gasteiger partial charge in [-0.3, -0.25) is 18.4 Å². The normalized spacial score (nSPS) is 16.9. The molecular weight excluding hydrogens is 520 g/mol. The van der Waals surface area contributed by atoms with Crippen molar-refractivity contribution >= 4 is 78.2 Å². The molecule has 3 aliphatic rings. The largest absolute Gasteiger partial charge is 0.268 e. The zero-order valence-electron chi connectivity index (χ0n) is 22.1. The van der Waals surface area contributed by atoms with Gasteiger partial charge in [0, 0.05) is 38.4 Å². The summed E-state index contributed by atoms with van der Waals surface area (Å²) in [7, 11) is 0. The van der Waals surface area contributed by atoms with E-state index in [-0.39, 0.29) is 17.0 Å². The second-order valence-corrected chi connectivity index (χ2v) is 11.6. The molecule has 1 unspecified atom stereocenters.